The second-order valence-electron chi connectivity index (χ2n) is 3.64. The van der Waals surface area contributed by atoms with Crippen molar-refractivity contribution in [1.82, 2.24) is 4.98 Å². The van der Waals surface area contributed by atoms with Gasteiger partial charge in [0.2, 0.25) is 0 Å². The quantitative estimate of drug-likeness (QED) is 0.884. The van der Waals surface area contributed by atoms with Gasteiger partial charge in [0.1, 0.15) is 5.82 Å². The van der Waals surface area contributed by atoms with Crippen LogP contribution in [0.5, 0.6) is 0 Å². The van der Waals surface area contributed by atoms with Gasteiger partial charge in [0.15, 0.2) is 5.69 Å². The molecule has 2 heterocycles. The van der Waals surface area contributed by atoms with Gasteiger partial charge in [-0.05, 0) is 40.9 Å². The summed E-state index contributed by atoms with van der Waals surface area (Å²) in [7, 11) is 0. The monoisotopic (exact) mass is 282 g/mol. The van der Waals surface area contributed by atoms with Gasteiger partial charge in [0.25, 0.3) is 0 Å². The molecule has 6 heteroatoms. The van der Waals surface area contributed by atoms with E-state index in [0.717, 1.165) is 6.42 Å². The lowest BCUT2D eigenvalue weighted by Gasteiger charge is -2.06. The highest BCUT2D eigenvalue weighted by molar-refractivity contribution is 7.07. The Hall–Kier alpha value is -1.59. The Morgan fingerprint density at radius 1 is 1.44 bits per heavy atom. The molecule has 2 aromatic heterocycles. The van der Waals surface area contributed by atoms with E-state index >= 15 is 0 Å². The zero-order chi connectivity index (χ0) is 13.0. The number of halogens is 1. The number of thiophene rings is 1. The number of aromatic carboxylic acids is 1. The fraction of sp³-hybridized carbons (Fsp3) is 0.167. The zero-order valence-electron chi connectivity index (χ0n) is 9.39. The molecule has 0 aliphatic rings. The third-order valence-electron chi connectivity index (χ3n) is 2.35. The first-order chi connectivity index (χ1) is 8.66. The first-order valence-electron chi connectivity index (χ1n) is 5.31. The Morgan fingerprint density at radius 3 is 2.94 bits per heavy atom. The second-order valence-corrected chi connectivity index (χ2v) is 4.83. The van der Waals surface area contributed by atoms with E-state index in [-0.39, 0.29) is 10.7 Å². The summed E-state index contributed by atoms with van der Waals surface area (Å²) in [5.41, 5.74) is 1.12. The lowest BCUT2D eigenvalue weighted by atomic mass is 10.2. The number of rotatable bonds is 5. The van der Waals surface area contributed by atoms with Gasteiger partial charge in [-0.3, -0.25) is 0 Å². The Morgan fingerprint density at radius 2 is 2.28 bits per heavy atom. The Bertz CT molecular complexity index is 543. The Kier molecular flexibility index (Phi) is 4.17. The van der Waals surface area contributed by atoms with Crippen LogP contribution in [0.25, 0.3) is 0 Å². The smallest absolute Gasteiger partial charge is 0.356 e. The summed E-state index contributed by atoms with van der Waals surface area (Å²) in [6.45, 7) is 0.699. The Balaban J connectivity index is 1.97. The summed E-state index contributed by atoms with van der Waals surface area (Å²) in [5, 5.41) is 16.2. The molecule has 94 valence electrons. The number of hydrogen-bond donors (Lipinski definition) is 2. The zero-order valence-corrected chi connectivity index (χ0v) is 11.0. The average molecular weight is 283 g/mol. The van der Waals surface area contributed by atoms with Crippen LogP contribution < -0.4 is 5.32 Å². The van der Waals surface area contributed by atoms with Crippen LogP contribution in [0, 0.1) is 0 Å². The van der Waals surface area contributed by atoms with Crippen LogP contribution in [0.1, 0.15) is 16.1 Å². The summed E-state index contributed by atoms with van der Waals surface area (Å²) in [6.07, 6.45) is 0.871. The molecule has 0 saturated carbocycles. The van der Waals surface area contributed by atoms with E-state index in [1.54, 1.807) is 17.4 Å². The van der Waals surface area contributed by atoms with Gasteiger partial charge in [-0.2, -0.15) is 11.3 Å². The number of anilines is 1. The summed E-state index contributed by atoms with van der Waals surface area (Å²) >= 11 is 7.39. The summed E-state index contributed by atoms with van der Waals surface area (Å²) in [6, 6.07) is 5.26. The molecule has 0 unspecified atom stereocenters. The maximum absolute atomic E-state index is 10.9. The summed E-state index contributed by atoms with van der Waals surface area (Å²) in [5.74, 6) is -0.603. The number of nitrogens with one attached hydrogen (secondary N) is 1. The number of carboxylic acid groups (broad SMARTS) is 1. The molecule has 0 fully saturated rings. The maximum Gasteiger partial charge on any atom is 0.356 e. The van der Waals surface area contributed by atoms with E-state index in [1.165, 1.54) is 11.6 Å². The van der Waals surface area contributed by atoms with Crippen molar-refractivity contribution in [2.75, 3.05) is 11.9 Å². The number of carboxylic acids is 1. The molecule has 0 amide bonds. The second kappa shape index (κ2) is 5.84. The van der Waals surface area contributed by atoms with Crippen LogP contribution in [0.4, 0.5) is 5.82 Å². The number of carbonyl (C=O) groups is 1. The molecule has 0 atom stereocenters. The number of pyridine rings is 1. The molecule has 0 aliphatic carbocycles. The van der Waals surface area contributed by atoms with Gasteiger partial charge in [-0.15, -0.1) is 0 Å². The molecule has 4 nitrogen and oxygen atoms in total. The molecular formula is C12H11ClN2O2S. The molecule has 0 aromatic carbocycles. The molecule has 2 rings (SSSR count). The van der Waals surface area contributed by atoms with Crippen molar-refractivity contribution in [2.24, 2.45) is 0 Å². The highest BCUT2D eigenvalue weighted by Gasteiger charge is 2.11. The van der Waals surface area contributed by atoms with Crippen molar-refractivity contribution >= 4 is 34.7 Å². The SMILES string of the molecule is O=C(O)c1nc(NCCc2ccsc2)ccc1Cl. The van der Waals surface area contributed by atoms with Crippen molar-refractivity contribution in [3.8, 4) is 0 Å². The minimum absolute atomic E-state index is 0.128. The van der Waals surface area contributed by atoms with Crippen LogP contribution in [0.2, 0.25) is 5.02 Å². The highest BCUT2D eigenvalue weighted by Crippen LogP contribution is 2.16. The van der Waals surface area contributed by atoms with Crippen LogP contribution in [0.3, 0.4) is 0 Å². The molecule has 2 N–H and O–H groups in total. The molecule has 0 saturated heterocycles. The van der Waals surface area contributed by atoms with E-state index in [4.69, 9.17) is 16.7 Å². The summed E-state index contributed by atoms with van der Waals surface area (Å²) < 4.78 is 0. The fourth-order valence-electron chi connectivity index (χ4n) is 1.46. The van der Waals surface area contributed by atoms with E-state index in [9.17, 15) is 4.79 Å². The lowest BCUT2D eigenvalue weighted by molar-refractivity contribution is 0.0691. The van der Waals surface area contributed by atoms with Gasteiger partial charge in [0, 0.05) is 6.54 Å². The van der Waals surface area contributed by atoms with Gasteiger partial charge in [-0.25, -0.2) is 9.78 Å². The van der Waals surface area contributed by atoms with Gasteiger partial charge in [0.05, 0.1) is 5.02 Å². The normalized spacial score (nSPS) is 10.3. The number of nitrogens with zero attached hydrogens (tertiary/aromatic N) is 1. The minimum Gasteiger partial charge on any atom is -0.476 e. The van der Waals surface area contributed by atoms with Crippen LogP contribution >= 0.6 is 22.9 Å². The minimum atomic E-state index is -1.12. The van der Waals surface area contributed by atoms with Crippen molar-refractivity contribution in [2.45, 2.75) is 6.42 Å². The van der Waals surface area contributed by atoms with Gasteiger partial charge < -0.3 is 10.4 Å². The third kappa shape index (κ3) is 3.21. The standard InChI is InChI=1S/C12H11ClN2O2S/c13-9-1-2-10(15-11(9)12(16)17)14-5-3-8-4-6-18-7-8/h1-2,4,6-7H,3,5H2,(H,14,15)(H,16,17). The largest absolute Gasteiger partial charge is 0.476 e. The van der Waals surface area contributed by atoms with Crippen molar-refractivity contribution in [3.05, 3.63) is 45.2 Å². The first-order valence-corrected chi connectivity index (χ1v) is 6.63. The predicted molar refractivity (Wildman–Crippen MR) is 72.7 cm³/mol. The van der Waals surface area contributed by atoms with Crippen LogP contribution in [-0.4, -0.2) is 22.6 Å². The topological polar surface area (TPSA) is 62.2 Å². The Labute approximate surface area is 113 Å². The van der Waals surface area contributed by atoms with Crippen LogP contribution in [-0.2, 0) is 6.42 Å². The third-order valence-corrected chi connectivity index (χ3v) is 3.39. The highest BCUT2D eigenvalue weighted by atomic mass is 35.5. The van der Waals surface area contributed by atoms with Crippen molar-refractivity contribution in [3.63, 3.8) is 0 Å². The van der Waals surface area contributed by atoms with Crippen molar-refractivity contribution < 1.29 is 9.90 Å². The van der Waals surface area contributed by atoms with Gasteiger partial charge >= 0.3 is 5.97 Å². The molecule has 0 radical (unpaired) electrons. The fourth-order valence-corrected chi connectivity index (χ4v) is 2.35. The molecule has 0 spiro atoms. The molecular weight excluding hydrogens is 272 g/mol. The molecule has 18 heavy (non-hydrogen) atoms. The lowest BCUT2D eigenvalue weighted by Crippen LogP contribution is -2.09. The summed E-state index contributed by atoms with van der Waals surface area (Å²) in [4.78, 5) is 14.8. The van der Waals surface area contributed by atoms with Gasteiger partial charge in [-0.1, -0.05) is 11.6 Å². The maximum atomic E-state index is 10.9. The predicted octanol–water partition coefficient (Wildman–Crippen LogP) is 3.15. The first kappa shape index (κ1) is 12.9. The molecule has 2 aromatic rings. The van der Waals surface area contributed by atoms with Crippen molar-refractivity contribution in [1.29, 1.82) is 0 Å². The van der Waals surface area contributed by atoms with E-state index in [1.807, 2.05) is 5.38 Å². The molecule has 0 bridgehead atoms. The van der Waals surface area contributed by atoms with E-state index < -0.39 is 5.97 Å². The molecule has 0 aliphatic heterocycles. The number of hydrogen-bond acceptors (Lipinski definition) is 4. The van der Waals surface area contributed by atoms with E-state index in [0.29, 0.717) is 12.4 Å². The van der Waals surface area contributed by atoms with Crippen LogP contribution in [0.15, 0.2) is 29.0 Å². The van der Waals surface area contributed by atoms with E-state index in [2.05, 4.69) is 21.7 Å². The number of aromatic nitrogens is 1. The average Bonchev–Trinajstić information content (AvgIpc) is 2.84.